The summed E-state index contributed by atoms with van der Waals surface area (Å²) in [6.07, 6.45) is 0. The lowest BCUT2D eigenvalue weighted by molar-refractivity contribution is 0.589. The van der Waals surface area contributed by atoms with Crippen molar-refractivity contribution in [1.82, 2.24) is 5.32 Å². The zero-order chi connectivity index (χ0) is 12.0. The van der Waals surface area contributed by atoms with Gasteiger partial charge in [0.25, 0.3) is 0 Å². The lowest BCUT2D eigenvalue weighted by Gasteiger charge is -2.21. The van der Waals surface area contributed by atoms with Gasteiger partial charge in [0.1, 0.15) is 0 Å². The zero-order valence-electron chi connectivity index (χ0n) is 11.0. The van der Waals surface area contributed by atoms with Crippen molar-refractivity contribution < 1.29 is 0 Å². The van der Waals surface area contributed by atoms with Crippen molar-refractivity contribution in [1.29, 1.82) is 0 Å². The molecule has 0 fully saturated rings. The van der Waals surface area contributed by atoms with E-state index in [9.17, 15) is 0 Å². The highest BCUT2D eigenvalue weighted by Gasteiger charge is 2.01. The summed E-state index contributed by atoms with van der Waals surface area (Å²) in [5.41, 5.74) is 2.67. The predicted molar refractivity (Wildman–Crippen MR) is 72.0 cm³/mol. The van der Waals surface area contributed by atoms with E-state index in [-0.39, 0.29) is 0 Å². The van der Waals surface area contributed by atoms with Gasteiger partial charge in [-0.1, -0.05) is 26.0 Å². The van der Waals surface area contributed by atoms with Crippen LogP contribution >= 0.6 is 0 Å². The predicted octanol–water partition coefficient (Wildman–Crippen LogP) is 3.03. The molecule has 0 aliphatic heterocycles. The van der Waals surface area contributed by atoms with Crippen molar-refractivity contribution in [2.45, 2.75) is 40.3 Å². The Bertz CT molecular complexity index is 286. The molecule has 0 amide bonds. The Morgan fingerprint density at radius 1 is 1.06 bits per heavy atom. The molecule has 0 unspecified atom stereocenters. The second-order valence-corrected chi connectivity index (χ2v) is 4.37. The van der Waals surface area contributed by atoms with Crippen LogP contribution in [0.4, 0.5) is 5.69 Å². The lowest BCUT2D eigenvalue weighted by Crippen LogP contribution is -2.23. The van der Waals surface area contributed by atoms with Crippen molar-refractivity contribution in [3.63, 3.8) is 0 Å². The molecule has 0 saturated carbocycles. The first-order valence-corrected chi connectivity index (χ1v) is 6.24. The topological polar surface area (TPSA) is 15.3 Å². The summed E-state index contributed by atoms with van der Waals surface area (Å²) in [7, 11) is 0. The van der Waals surface area contributed by atoms with E-state index < -0.39 is 0 Å². The maximum Gasteiger partial charge on any atom is 0.0366 e. The number of nitrogens with one attached hydrogen (secondary N) is 1. The minimum absolute atomic E-state index is 0.544. The summed E-state index contributed by atoms with van der Waals surface area (Å²) in [4.78, 5) is 2.36. The van der Waals surface area contributed by atoms with E-state index in [1.165, 1.54) is 11.3 Å². The number of anilines is 1. The van der Waals surface area contributed by atoms with Crippen molar-refractivity contribution in [3.05, 3.63) is 29.8 Å². The Morgan fingerprint density at radius 2 is 1.62 bits per heavy atom. The third kappa shape index (κ3) is 3.86. The van der Waals surface area contributed by atoms with Gasteiger partial charge in [-0.2, -0.15) is 0 Å². The molecule has 0 bridgehead atoms. The van der Waals surface area contributed by atoms with E-state index in [0.29, 0.717) is 6.04 Å². The molecule has 2 heteroatoms. The van der Waals surface area contributed by atoms with Crippen LogP contribution in [0.5, 0.6) is 0 Å². The Balaban J connectivity index is 2.60. The summed E-state index contributed by atoms with van der Waals surface area (Å²) in [5, 5.41) is 3.42. The van der Waals surface area contributed by atoms with Gasteiger partial charge in [-0.3, -0.25) is 0 Å². The Morgan fingerprint density at radius 3 is 2.06 bits per heavy atom. The average Bonchev–Trinajstić information content (AvgIpc) is 2.29. The van der Waals surface area contributed by atoms with Crippen LogP contribution < -0.4 is 10.2 Å². The smallest absolute Gasteiger partial charge is 0.0366 e. The Labute approximate surface area is 99.7 Å². The van der Waals surface area contributed by atoms with Crippen LogP contribution in [0.1, 0.15) is 33.3 Å². The van der Waals surface area contributed by atoms with Gasteiger partial charge in [0.05, 0.1) is 0 Å². The van der Waals surface area contributed by atoms with Gasteiger partial charge >= 0.3 is 0 Å². The van der Waals surface area contributed by atoms with Crippen molar-refractivity contribution in [2.75, 3.05) is 18.0 Å². The van der Waals surface area contributed by atoms with Crippen LogP contribution in [-0.2, 0) is 6.54 Å². The molecule has 0 saturated heterocycles. The fraction of sp³-hybridized carbons (Fsp3) is 0.571. The molecule has 0 aliphatic carbocycles. The third-order valence-electron chi connectivity index (χ3n) is 2.78. The second-order valence-electron chi connectivity index (χ2n) is 4.37. The standard InChI is InChI=1S/C14H24N2/c1-5-16(6-2)14-9-7-13(8-10-14)11-15-12(3)4/h7-10,12,15H,5-6,11H2,1-4H3. The molecule has 16 heavy (non-hydrogen) atoms. The number of hydrogen-bond donors (Lipinski definition) is 1. The van der Waals surface area contributed by atoms with Gasteiger partial charge in [0, 0.05) is 31.4 Å². The first-order valence-electron chi connectivity index (χ1n) is 6.24. The molecule has 1 aromatic carbocycles. The highest BCUT2D eigenvalue weighted by molar-refractivity contribution is 5.47. The summed E-state index contributed by atoms with van der Waals surface area (Å²) < 4.78 is 0. The molecule has 90 valence electrons. The molecule has 1 aromatic rings. The van der Waals surface area contributed by atoms with Crippen LogP contribution in [0.2, 0.25) is 0 Å². The van der Waals surface area contributed by atoms with Gasteiger partial charge in [0.2, 0.25) is 0 Å². The van der Waals surface area contributed by atoms with Crippen molar-refractivity contribution >= 4 is 5.69 Å². The SMILES string of the molecule is CCN(CC)c1ccc(CNC(C)C)cc1. The molecular weight excluding hydrogens is 196 g/mol. The molecule has 0 radical (unpaired) electrons. The van der Waals surface area contributed by atoms with Crippen LogP contribution in [-0.4, -0.2) is 19.1 Å². The van der Waals surface area contributed by atoms with Crippen LogP contribution in [0.15, 0.2) is 24.3 Å². The van der Waals surface area contributed by atoms with E-state index in [1.807, 2.05) is 0 Å². The molecule has 1 N–H and O–H groups in total. The summed E-state index contributed by atoms with van der Waals surface area (Å²) in [6.45, 7) is 11.8. The zero-order valence-corrected chi connectivity index (χ0v) is 11.0. The Hall–Kier alpha value is -1.02. The molecular formula is C14H24N2. The van der Waals surface area contributed by atoms with E-state index in [0.717, 1.165) is 19.6 Å². The van der Waals surface area contributed by atoms with Crippen molar-refractivity contribution in [2.24, 2.45) is 0 Å². The summed E-state index contributed by atoms with van der Waals surface area (Å²) >= 11 is 0. The van der Waals surface area contributed by atoms with E-state index >= 15 is 0 Å². The lowest BCUT2D eigenvalue weighted by atomic mass is 10.2. The number of nitrogens with zero attached hydrogens (tertiary/aromatic N) is 1. The van der Waals surface area contributed by atoms with Gasteiger partial charge in [0.15, 0.2) is 0 Å². The maximum absolute atomic E-state index is 3.42. The minimum atomic E-state index is 0.544. The highest BCUT2D eigenvalue weighted by Crippen LogP contribution is 2.14. The molecule has 2 nitrogen and oxygen atoms in total. The molecule has 0 aromatic heterocycles. The monoisotopic (exact) mass is 220 g/mol. The van der Waals surface area contributed by atoms with Gasteiger partial charge in [-0.15, -0.1) is 0 Å². The van der Waals surface area contributed by atoms with Crippen LogP contribution in [0.3, 0.4) is 0 Å². The van der Waals surface area contributed by atoms with E-state index in [1.54, 1.807) is 0 Å². The fourth-order valence-corrected chi connectivity index (χ4v) is 1.74. The van der Waals surface area contributed by atoms with Gasteiger partial charge in [-0.05, 0) is 31.5 Å². The maximum atomic E-state index is 3.42. The molecule has 0 spiro atoms. The number of hydrogen-bond acceptors (Lipinski definition) is 2. The normalized spacial score (nSPS) is 10.8. The number of benzene rings is 1. The van der Waals surface area contributed by atoms with Gasteiger partial charge < -0.3 is 10.2 Å². The third-order valence-corrected chi connectivity index (χ3v) is 2.78. The molecule has 1 rings (SSSR count). The van der Waals surface area contributed by atoms with Crippen LogP contribution in [0.25, 0.3) is 0 Å². The fourth-order valence-electron chi connectivity index (χ4n) is 1.74. The molecule has 0 aliphatic rings. The minimum Gasteiger partial charge on any atom is -0.372 e. The Kier molecular flexibility index (Phi) is 5.33. The largest absolute Gasteiger partial charge is 0.372 e. The second kappa shape index (κ2) is 6.54. The summed E-state index contributed by atoms with van der Waals surface area (Å²) in [5.74, 6) is 0. The summed E-state index contributed by atoms with van der Waals surface area (Å²) in [6, 6.07) is 9.39. The number of rotatable bonds is 6. The van der Waals surface area contributed by atoms with Crippen molar-refractivity contribution in [3.8, 4) is 0 Å². The van der Waals surface area contributed by atoms with Crippen LogP contribution in [0, 0.1) is 0 Å². The first kappa shape index (κ1) is 13.0. The van der Waals surface area contributed by atoms with Gasteiger partial charge in [-0.25, -0.2) is 0 Å². The molecule has 0 atom stereocenters. The van der Waals surface area contributed by atoms with E-state index in [4.69, 9.17) is 0 Å². The highest BCUT2D eigenvalue weighted by atomic mass is 15.1. The van der Waals surface area contributed by atoms with E-state index in [2.05, 4.69) is 62.2 Å². The molecule has 0 heterocycles. The first-order chi connectivity index (χ1) is 7.67. The quantitative estimate of drug-likeness (QED) is 0.792. The average molecular weight is 220 g/mol.